The molecule has 0 saturated heterocycles. The summed E-state index contributed by atoms with van der Waals surface area (Å²) >= 11 is 0. The molecule has 0 aromatic carbocycles. The Morgan fingerprint density at radius 1 is 1.32 bits per heavy atom. The Labute approximate surface area is 112 Å². The average molecular weight is 264 g/mol. The lowest BCUT2D eigenvalue weighted by Crippen LogP contribution is -2.40. The number of nitrogens with zero attached hydrogens (tertiary/aromatic N) is 2. The second-order valence-electron chi connectivity index (χ2n) is 5.47. The highest BCUT2D eigenvalue weighted by Crippen LogP contribution is 2.22. The molecule has 19 heavy (non-hydrogen) atoms. The Balaban J connectivity index is 2.04. The summed E-state index contributed by atoms with van der Waals surface area (Å²) in [7, 11) is 0. The van der Waals surface area contributed by atoms with Gasteiger partial charge in [-0.25, -0.2) is 14.8 Å². The lowest BCUT2D eigenvalue weighted by molar-refractivity contribution is -0.141. The molecule has 0 atom stereocenters. The lowest BCUT2D eigenvalue weighted by Gasteiger charge is -2.22. The number of nitrogens with one attached hydrogen (secondary N) is 2. The van der Waals surface area contributed by atoms with Crippen LogP contribution >= 0.6 is 0 Å². The van der Waals surface area contributed by atoms with E-state index in [1.807, 2.05) is 0 Å². The van der Waals surface area contributed by atoms with Gasteiger partial charge in [0, 0.05) is 12.1 Å². The van der Waals surface area contributed by atoms with E-state index in [0.717, 1.165) is 18.7 Å². The van der Waals surface area contributed by atoms with Gasteiger partial charge in [-0.2, -0.15) is 0 Å². The number of aliphatic carboxylic acids is 1. The molecule has 2 rings (SSSR count). The fourth-order valence-corrected chi connectivity index (χ4v) is 2.16. The Morgan fingerprint density at radius 3 is 2.58 bits per heavy atom. The summed E-state index contributed by atoms with van der Waals surface area (Å²) in [6, 6.07) is 2.22. The number of carboxylic acid groups (broad SMARTS) is 1. The highest BCUT2D eigenvalue weighted by Gasteiger charge is 2.27. The van der Waals surface area contributed by atoms with Gasteiger partial charge in [0.25, 0.3) is 0 Å². The van der Waals surface area contributed by atoms with Crippen LogP contribution in [0.15, 0.2) is 12.4 Å². The Morgan fingerprint density at radius 2 is 1.95 bits per heavy atom. The van der Waals surface area contributed by atoms with Crippen LogP contribution in [0.4, 0.5) is 11.6 Å². The number of carbonyl (C=O) groups is 1. The van der Waals surface area contributed by atoms with Gasteiger partial charge >= 0.3 is 5.97 Å². The smallest absolute Gasteiger partial charge is 0.328 e. The molecule has 0 bridgehead atoms. The number of aromatic nitrogens is 2. The summed E-state index contributed by atoms with van der Waals surface area (Å²) in [5.41, 5.74) is -1.06. The van der Waals surface area contributed by atoms with Crippen LogP contribution in [-0.2, 0) is 4.79 Å². The van der Waals surface area contributed by atoms with Crippen molar-refractivity contribution in [2.45, 2.75) is 51.1 Å². The van der Waals surface area contributed by atoms with E-state index in [2.05, 4.69) is 20.6 Å². The average Bonchev–Trinajstić information content (AvgIpc) is 2.81. The van der Waals surface area contributed by atoms with E-state index < -0.39 is 11.5 Å². The van der Waals surface area contributed by atoms with Crippen molar-refractivity contribution in [2.24, 2.45) is 0 Å². The molecule has 0 radical (unpaired) electrons. The van der Waals surface area contributed by atoms with Gasteiger partial charge in [-0.05, 0) is 26.7 Å². The second-order valence-corrected chi connectivity index (χ2v) is 5.47. The van der Waals surface area contributed by atoms with Crippen LogP contribution in [-0.4, -0.2) is 32.6 Å². The summed E-state index contributed by atoms with van der Waals surface area (Å²) in [5, 5.41) is 15.3. The van der Waals surface area contributed by atoms with Gasteiger partial charge in [0.15, 0.2) is 0 Å². The van der Waals surface area contributed by atoms with Gasteiger partial charge in [-0.3, -0.25) is 0 Å². The second kappa shape index (κ2) is 5.42. The van der Waals surface area contributed by atoms with Crippen molar-refractivity contribution in [3.8, 4) is 0 Å². The van der Waals surface area contributed by atoms with Gasteiger partial charge in [-0.15, -0.1) is 0 Å². The minimum atomic E-state index is -1.06. The van der Waals surface area contributed by atoms with E-state index in [4.69, 9.17) is 5.11 Å². The quantitative estimate of drug-likeness (QED) is 0.755. The molecule has 1 fully saturated rings. The van der Waals surface area contributed by atoms with Crippen LogP contribution in [0.2, 0.25) is 0 Å². The number of anilines is 2. The number of carboxylic acids is 1. The third-order valence-electron chi connectivity index (χ3n) is 3.35. The Hall–Kier alpha value is -1.85. The molecular formula is C13H20N4O2. The van der Waals surface area contributed by atoms with E-state index in [0.29, 0.717) is 11.9 Å². The number of hydrogen-bond acceptors (Lipinski definition) is 5. The fraction of sp³-hybridized carbons (Fsp3) is 0.615. The van der Waals surface area contributed by atoms with Crippen molar-refractivity contribution in [1.82, 2.24) is 9.97 Å². The van der Waals surface area contributed by atoms with Crippen molar-refractivity contribution in [2.75, 3.05) is 10.6 Å². The number of hydrogen-bond donors (Lipinski definition) is 3. The third-order valence-corrected chi connectivity index (χ3v) is 3.35. The van der Waals surface area contributed by atoms with Crippen molar-refractivity contribution >= 4 is 17.6 Å². The summed E-state index contributed by atoms with van der Waals surface area (Å²) in [5.74, 6) is 0.338. The summed E-state index contributed by atoms with van der Waals surface area (Å²) in [6.45, 7) is 3.20. The Bertz CT molecular complexity index is 456. The molecule has 1 heterocycles. The minimum Gasteiger partial charge on any atom is -0.480 e. The summed E-state index contributed by atoms with van der Waals surface area (Å²) < 4.78 is 0. The molecule has 0 amide bonds. The molecule has 1 aliphatic carbocycles. The van der Waals surface area contributed by atoms with Crippen LogP contribution in [0.5, 0.6) is 0 Å². The molecule has 1 aromatic rings. The minimum absolute atomic E-state index is 0.468. The zero-order chi connectivity index (χ0) is 13.9. The van der Waals surface area contributed by atoms with Gasteiger partial charge < -0.3 is 15.7 Å². The molecule has 0 spiro atoms. The molecule has 1 aromatic heterocycles. The van der Waals surface area contributed by atoms with Gasteiger partial charge in [0.1, 0.15) is 23.5 Å². The van der Waals surface area contributed by atoms with Crippen LogP contribution in [0.25, 0.3) is 0 Å². The monoisotopic (exact) mass is 264 g/mol. The first-order valence-electron chi connectivity index (χ1n) is 6.57. The highest BCUT2D eigenvalue weighted by atomic mass is 16.4. The zero-order valence-electron chi connectivity index (χ0n) is 11.3. The van der Waals surface area contributed by atoms with Crippen LogP contribution in [0.3, 0.4) is 0 Å². The van der Waals surface area contributed by atoms with Crippen molar-refractivity contribution in [3.63, 3.8) is 0 Å². The van der Waals surface area contributed by atoms with Crippen LogP contribution in [0, 0.1) is 0 Å². The van der Waals surface area contributed by atoms with Crippen LogP contribution < -0.4 is 10.6 Å². The van der Waals surface area contributed by atoms with Gasteiger partial charge in [0.05, 0.1) is 0 Å². The maximum Gasteiger partial charge on any atom is 0.328 e. The van der Waals surface area contributed by atoms with E-state index in [-0.39, 0.29) is 0 Å². The normalized spacial score (nSPS) is 16.3. The molecular weight excluding hydrogens is 244 g/mol. The first-order valence-corrected chi connectivity index (χ1v) is 6.57. The van der Waals surface area contributed by atoms with E-state index >= 15 is 0 Å². The summed E-state index contributed by atoms with van der Waals surface area (Å²) in [4.78, 5) is 19.3. The lowest BCUT2D eigenvalue weighted by atomic mass is 10.1. The maximum atomic E-state index is 11.1. The molecule has 6 nitrogen and oxygen atoms in total. The highest BCUT2D eigenvalue weighted by molar-refractivity contribution is 5.81. The zero-order valence-corrected chi connectivity index (χ0v) is 11.3. The van der Waals surface area contributed by atoms with Crippen molar-refractivity contribution in [1.29, 1.82) is 0 Å². The predicted molar refractivity (Wildman–Crippen MR) is 73.2 cm³/mol. The molecule has 0 unspecified atom stereocenters. The summed E-state index contributed by atoms with van der Waals surface area (Å²) in [6.07, 6.45) is 6.26. The van der Waals surface area contributed by atoms with E-state index in [1.54, 1.807) is 19.9 Å². The number of rotatable bonds is 5. The molecule has 3 N–H and O–H groups in total. The first kappa shape index (κ1) is 13.6. The maximum absolute atomic E-state index is 11.1. The Kier molecular flexibility index (Phi) is 3.87. The standard InChI is InChI=1S/C13H20N4O2/c1-13(2,12(18)19)17-11-7-10(14-8-15-11)16-9-5-3-4-6-9/h7-9H,3-6H2,1-2H3,(H,18,19)(H2,14,15,16,17). The largest absolute Gasteiger partial charge is 0.480 e. The third kappa shape index (κ3) is 3.56. The molecule has 1 saturated carbocycles. The van der Waals surface area contributed by atoms with E-state index in [1.165, 1.54) is 19.2 Å². The SMILES string of the molecule is CC(C)(Nc1cc(NC2CCCC2)ncn1)C(=O)O. The molecule has 1 aliphatic rings. The predicted octanol–water partition coefficient (Wildman–Crippen LogP) is 2.11. The topological polar surface area (TPSA) is 87.1 Å². The first-order chi connectivity index (χ1) is 8.97. The molecule has 0 aliphatic heterocycles. The molecule has 6 heteroatoms. The van der Waals surface area contributed by atoms with Crippen molar-refractivity contribution < 1.29 is 9.90 Å². The van der Waals surface area contributed by atoms with Crippen molar-refractivity contribution in [3.05, 3.63) is 12.4 Å². The van der Waals surface area contributed by atoms with Crippen LogP contribution in [0.1, 0.15) is 39.5 Å². The fourth-order valence-electron chi connectivity index (χ4n) is 2.16. The van der Waals surface area contributed by atoms with E-state index in [9.17, 15) is 4.79 Å². The molecule has 104 valence electrons. The van der Waals surface area contributed by atoms with Gasteiger partial charge in [0.2, 0.25) is 0 Å². The van der Waals surface area contributed by atoms with Gasteiger partial charge in [-0.1, -0.05) is 12.8 Å².